The van der Waals surface area contributed by atoms with Crippen molar-refractivity contribution in [2.24, 2.45) is 7.05 Å². The molecular weight excluding hydrogens is 306 g/mol. The fraction of sp³-hybridized carbons (Fsp3) is 0.167. The Bertz CT molecular complexity index is 915. The molecule has 1 aromatic heterocycles. The first-order valence-electron chi connectivity index (χ1n) is 7.58. The Labute approximate surface area is 138 Å². The summed E-state index contributed by atoms with van der Waals surface area (Å²) < 4.78 is 1.56. The van der Waals surface area contributed by atoms with Crippen LogP contribution in [0.1, 0.15) is 22.5 Å². The Morgan fingerprint density at radius 1 is 1.17 bits per heavy atom. The number of fused-ring (bicyclic) bond motifs is 1. The van der Waals surface area contributed by atoms with Gasteiger partial charge in [-0.2, -0.15) is 5.10 Å². The van der Waals surface area contributed by atoms with Gasteiger partial charge in [0.1, 0.15) is 5.69 Å². The summed E-state index contributed by atoms with van der Waals surface area (Å²) in [5, 5.41) is 16.7. The minimum atomic E-state index is -0.842. The van der Waals surface area contributed by atoms with Crippen molar-refractivity contribution in [3.8, 4) is 0 Å². The number of hydrogen-bond donors (Lipinski definition) is 2. The second-order valence-corrected chi connectivity index (χ2v) is 5.54. The molecule has 0 fully saturated rings. The molecule has 6 nitrogen and oxygen atoms in total. The number of aryl methyl sites for hydroxylation is 2. The van der Waals surface area contributed by atoms with Gasteiger partial charge in [0.2, 0.25) is 0 Å². The number of carboxylic acid groups (broad SMARTS) is 1. The van der Waals surface area contributed by atoms with E-state index in [4.69, 9.17) is 5.11 Å². The summed E-state index contributed by atoms with van der Waals surface area (Å²) in [6.07, 6.45) is 0.484. The molecule has 0 aliphatic carbocycles. The summed E-state index contributed by atoms with van der Waals surface area (Å²) in [6.45, 7) is 0. The van der Waals surface area contributed by atoms with E-state index in [-0.39, 0.29) is 12.3 Å². The zero-order valence-corrected chi connectivity index (χ0v) is 13.2. The lowest BCUT2D eigenvalue weighted by molar-refractivity contribution is -0.136. The molecule has 0 unspecified atom stereocenters. The maximum Gasteiger partial charge on any atom is 0.303 e. The van der Waals surface area contributed by atoms with Crippen LogP contribution in [0.3, 0.4) is 0 Å². The molecular formula is C18H17N3O3. The highest BCUT2D eigenvalue weighted by Gasteiger charge is 2.16. The lowest BCUT2D eigenvalue weighted by Gasteiger charge is -2.08. The Morgan fingerprint density at radius 3 is 2.75 bits per heavy atom. The maximum atomic E-state index is 12.6. The standard InChI is InChI=1S/C18H17N3O3/c1-21-17(14-7-2-3-8-15(14)20-21)18(24)19-13-6-4-5-12(11-13)9-10-16(22)23/h2-8,11H,9-10H2,1H3,(H,19,24)(H,22,23). The van der Waals surface area contributed by atoms with Gasteiger partial charge in [-0.25, -0.2) is 0 Å². The van der Waals surface area contributed by atoms with Crippen molar-refractivity contribution in [3.05, 3.63) is 59.8 Å². The molecule has 0 aliphatic rings. The van der Waals surface area contributed by atoms with Crippen molar-refractivity contribution >= 4 is 28.5 Å². The van der Waals surface area contributed by atoms with E-state index < -0.39 is 5.97 Å². The number of carbonyl (C=O) groups excluding carboxylic acids is 1. The van der Waals surface area contributed by atoms with E-state index in [9.17, 15) is 9.59 Å². The lowest BCUT2D eigenvalue weighted by atomic mass is 10.1. The average Bonchev–Trinajstić information content (AvgIpc) is 2.89. The SMILES string of the molecule is Cn1nc2ccccc2c1C(=O)Nc1cccc(CCC(=O)O)c1. The number of anilines is 1. The van der Waals surface area contributed by atoms with Gasteiger partial charge < -0.3 is 10.4 Å². The van der Waals surface area contributed by atoms with Crippen LogP contribution >= 0.6 is 0 Å². The zero-order valence-electron chi connectivity index (χ0n) is 13.2. The fourth-order valence-corrected chi connectivity index (χ4v) is 2.66. The molecule has 2 N–H and O–H groups in total. The molecule has 0 aliphatic heterocycles. The van der Waals surface area contributed by atoms with E-state index in [0.717, 1.165) is 16.5 Å². The monoisotopic (exact) mass is 323 g/mol. The number of nitrogens with zero attached hydrogens (tertiary/aromatic N) is 2. The van der Waals surface area contributed by atoms with E-state index in [1.807, 2.05) is 30.3 Å². The van der Waals surface area contributed by atoms with Gasteiger partial charge in [0, 0.05) is 24.5 Å². The van der Waals surface area contributed by atoms with E-state index in [1.165, 1.54) is 0 Å². The first kappa shape index (κ1) is 15.7. The van der Waals surface area contributed by atoms with Crippen molar-refractivity contribution in [3.63, 3.8) is 0 Å². The molecule has 3 rings (SSSR count). The normalized spacial score (nSPS) is 10.7. The largest absolute Gasteiger partial charge is 0.481 e. The number of carboxylic acids is 1. The highest BCUT2D eigenvalue weighted by atomic mass is 16.4. The third-order valence-electron chi connectivity index (χ3n) is 3.77. The van der Waals surface area contributed by atoms with E-state index >= 15 is 0 Å². The molecule has 0 saturated heterocycles. The highest BCUT2D eigenvalue weighted by molar-refractivity contribution is 6.11. The van der Waals surface area contributed by atoms with Crippen LogP contribution in [0.5, 0.6) is 0 Å². The van der Waals surface area contributed by atoms with E-state index in [0.29, 0.717) is 17.8 Å². The maximum absolute atomic E-state index is 12.6. The van der Waals surface area contributed by atoms with Gasteiger partial charge in [-0.05, 0) is 30.2 Å². The van der Waals surface area contributed by atoms with Crippen LogP contribution in [0.2, 0.25) is 0 Å². The zero-order chi connectivity index (χ0) is 17.1. The van der Waals surface area contributed by atoms with Crippen molar-refractivity contribution in [2.45, 2.75) is 12.8 Å². The van der Waals surface area contributed by atoms with E-state index in [2.05, 4.69) is 10.4 Å². The Kier molecular flexibility index (Phi) is 4.29. The Balaban J connectivity index is 1.83. The van der Waals surface area contributed by atoms with Crippen LogP contribution in [0, 0.1) is 0 Å². The molecule has 3 aromatic rings. The minimum Gasteiger partial charge on any atom is -0.481 e. The van der Waals surface area contributed by atoms with Gasteiger partial charge in [-0.15, -0.1) is 0 Å². The number of hydrogen-bond acceptors (Lipinski definition) is 3. The molecule has 1 amide bonds. The molecule has 2 aromatic carbocycles. The smallest absolute Gasteiger partial charge is 0.303 e. The first-order valence-corrected chi connectivity index (χ1v) is 7.58. The summed E-state index contributed by atoms with van der Waals surface area (Å²) in [7, 11) is 1.73. The van der Waals surface area contributed by atoms with Crippen LogP contribution in [-0.2, 0) is 18.3 Å². The van der Waals surface area contributed by atoms with E-state index in [1.54, 1.807) is 29.9 Å². The molecule has 1 heterocycles. The predicted molar refractivity (Wildman–Crippen MR) is 91.1 cm³/mol. The van der Waals surface area contributed by atoms with Crippen molar-refractivity contribution < 1.29 is 14.7 Å². The lowest BCUT2D eigenvalue weighted by Crippen LogP contribution is -2.16. The number of carbonyl (C=O) groups is 2. The fourth-order valence-electron chi connectivity index (χ4n) is 2.66. The average molecular weight is 323 g/mol. The van der Waals surface area contributed by atoms with Crippen molar-refractivity contribution in [2.75, 3.05) is 5.32 Å². The quantitative estimate of drug-likeness (QED) is 0.756. The third kappa shape index (κ3) is 3.27. The second-order valence-electron chi connectivity index (χ2n) is 5.54. The second kappa shape index (κ2) is 6.54. The number of nitrogens with one attached hydrogen (secondary N) is 1. The highest BCUT2D eigenvalue weighted by Crippen LogP contribution is 2.19. The Morgan fingerprint density at radius 2 is 1.96 bits per heavy atom. The summed E-state index contributed by atoms with van der Waals surface area (Å²) in [5.74, 6) is -1.09. The number of rotatable bonds is 5. The van der Waals surface area contributed by atoms with Gasteiger partial charge in [0.15, 0.2) is 0 Å². The van der Waals surface area contributed by atoms with Gasteiger partial charge >= 0.3 is 5.97 Å². The summed E-state index contributed by atoms with van der Waals surface area (Å²) in [5.41, 5.74) is 2.75. The number of benzene rings is 2. The van der Waals surface area contributed by atoms with Gasteiger partial charge in [-0.3, -0.25) is 14.3 Å². The molecule has 122 valence electrons. The summed E-state index contributed by atoms with van der Waals surface area (Å²) in [4.78, 5) is 23.3. The number of amides is 1. The van der Waals surface area contributed by atoms with Crippen LogP contribution in [0.15, 0.2) is 48.5 Å². The van der Waals surface area contributed by atoms with Crippen LogP contribution in [0.25, 0.3) is 10.9 Å². The van der Waals surface area contributed by atoms with Crippen LogP contribution in [0.4, 0.5) is 5.69 Å². The molecule has 24 heavy (non-hydrogen) atoms. The molecule has 0 bridgehead atoms. The van der Waals surface area contributed by atoms with Crippen LogP contribution < -0.4 is 5.32 Å². The molecule has 6 heteroatoms. The molecule has 0 saturated carbocycles. The van der Waals surface area contributed by atoms with Gasteiger partial charge in [-0.1, -0.05) is 30.3 Å². The van der Waals surface area contributed by atoms with Crippen molar-refractivity contribution in [1.82, 2.24) is 9.78 Å². The minimum absolute atomic E-state index is 0.0593. The van der Waals surface area contributed by atoms with Crippen molar-refractivity contribution in [1.29, 1.82) is 0 Å². The molecule has 0 spiro atoms. The summed E-state index contributed by atoms with van der Waals surface area (Å²) in [6, 6.07) is 14.7. The predicted octanol–water partition coefficient (Wildman–Crippen LogP) is 2.84. The summed E-state index contributed by atoms with van der Waals surface area (Å²) >= 11 is 0. The van der Waals surface area contributed by atoms with Gasteiger partial charge in [0.05, 0.1) is 5.52 Å². The van der Waals surface area contributed by atoms with Gasteiger partial charge in [0.25, 0.3) is 5.91 Å². The van der Waals surface area contributed by atoms with Crippen LogP contribution in [-0.4, -0.2) is 26.8 Å². The topological polar surface area (TPSA) is 84.2 Å². The first-order chi connectivity index (χ1) is 11.5. The number of aliphatic carboxylic acids is 1. The molecule has 0 radical (unpaired) electrons. The number of aromatic nitrogens is 2. The Hall–Kier alpha value is -3.15. The molecule has 0 atom stereocenters. The third-order valence-corrected chi connectivity index (χ3v) is 3.77.